The standard InChI is InChI=1S/C47H88N4O12/c1-7-13-35-58-42(52)19-25-48(26-20-43(53)59-36-14-8-2)31-33-51(41-50(29-23-46(56)62-39-17-11-5)30-24-47(57)63-40-18-12-6)34-32-49(27-21-44(54)60-37-15-9-3)28-22-45(55)61-38-16-10-4/h7-41H2,1-6H3. The second-order valence-corrected chi connectivity index (χ2v) is 16.0. The highest BCUT2D eigenvalue weighted by molar-refractivity contribution is 5.71. The second-order valence-electron chi connectivity index (χ2n) is 16.0. The molecular formula is C47H88N4O12. The quantitative estimate of drug-likeness (QED) is 0.0279. The van der Waals surface area contributed by atoms with Crippen molar-refractivity contribution < 1.29 is 57.2 Å². The summed E-state index contributed by atoms with van der Waals surface area (Å²) in [5, 5.41) is 0. The molecule has 16 nitrogen and oxygen atoms in total. The highest BCUT2D eigenvalue weighted by Crippen LogP contribution is 2.08. The minimum Gasteiger partial charge on any atom is -0.466 e. The zero-order valence-electron chi connectivity index (χ0n) is 40.4. The Bertz CT molecular complexity index is 1060. The highest BCUT2D eigenvalue weighted by atomic mass is 16.5. The first-order chi connectivity index (χ1) is 30.5. The van der Waals surface area contributed by atoms with Gasteiger partial charge in [0.05, 0.1) is 84.8 Å². The molecule has 0 rings (SSSR count). The molecule has 0 radical (unpaired) electrons. The normalized spacial score (nSPS) is 11.3. The van der Waals surface area contributed by atoms with E-state index in [9.17, 15) is 28.8 Å². The molecule has 0 heterocycles. The van der Waals surface area contributed by atoms with Crippen molar-refractivity contribution in [1.82, 2.24) is 19.6 Å². The first kappa shape index (κ1) is 59.7. The Morgan fingerprint density at radius 3 is 0.651 bits per heavy atom. The van der Waals surface area contributed by atoms with E-state index in [0.717, 1.165) is 77.0 Å². The zero-order valence-corrected chi connectivity index (χ0v) is 40.4. The van der Waals surface area contributed by atoms with Crippen molar-refractivity contribution in [2.24, 2.45) is 0 Å². The molecule has 0 saturated heterocycles. The van der Waals surface area contributed by atoms with E-state index in [2.05, 4.69) is 14.7 Å². The second kappa shape index (κ2) is 42.6. The van der Waals surface area contributed by atoms with Gasteiger partial charge in [0.2, 0.25) is 0 Å². The summed E-state index contributed by atoms with van der Waals surface area (Å²) in [6.07, 6.45) is 11.1. The minimum absolute atomic E-state index is 0.140. The van der Waals surface area contributed by atoms with Crippen LogP contribution < -0.4 is 0 Å². The molecule has 63 heavy (non-hydrogen) atoms. The van der Waals surface area contributed by atoms with Gasteiger partial charge < -0.3 is 38.2 Å². The Kier molecular flexibility index (Phi) is 40.3. The number of nitrogens with zero attached hydrogens (tertiary/aromatic N) is 4. The molecule has 0 saturated carbocycles. The lowest BCUT2D eigenvalue weighted by atomic mass is 10.3. The molecule has 0 aliphatic carbocycles. The molecule has 0 fully saturated rings. The predicted molar refractivity (Wildman–Crippen MR) is 244 cm³/mol. The molecule has 0 unspecified atom stereocenters. The van der Waals surface area contributed by atoms with Crippen LogP contribution in [0.2, 0.25) is 0 Å². The van der Waals surface area contributed by atoms with E-state index >= 15 is 0 Å². The molecule has 0 atom stereocenters. The summed E-state index contributed by atoms with van der Waals surface area (Å²) in [6.45, 7) is 18.9. The van der Waals surface area contributed by atoms with E-state index in [4.69, 9.17) is 28.4 Å². The molecule has 0 spiro atoms. The lowest BCUT2D eigenvalue weighted by molar-refractivity contribution is -0.146. The molecule has 0 amide bonds. The summed E-state index contributed by atoms with van der Waals surface area (Å²) in [4.78, 5) is 84.6. The largest absolute Gasteiger partial charge is 0.466 e. The van der Waals surface area contributed by atoms with Crippen LogP contribution in [0.15, 0.2) is 0 Å². The average Bonchev–Trinajstić information content (AvgIpc) is 3.26. The molecule has 0 bridgehead atoms. The fourth-order valence-corrected chi connectivity index (χ4v) is 5.94. The fourth-order valence-electron chi connectivity index (χ4n) is 5.94. The van der Waals surface area contributed by atoms with Crippen molar-refractivity contribution >= 4 is 35.8 Å². The van der Waals surface area contributed by atoms with Crippen molar-refractivity contribution in [2.45, 2.75) is 157 Å². The lowest BCUT2D eigenvalue weighted by Gasteiger charge is -2.34. The summed E-state index contributed by atoms with van der Waals surface area (Å²) in [6, 6.07) is 0. The number of carbonyl (C=O) groups is 6. The van der Waals surface area contributed by atoms with Crippen LogP contribution >= 0.6 is 0 Å². The van der Waals surface area contributed by atoms with Crippen LogP contribution in [-0.4, -0.2) is 167 Å². The Labute approximate surface area is 380 Å². The zero-order chi connectivity index (χ0) is 46.8. The topological polar surface area (TPSA) is 171 Å². The van der Waals surface area contributed by atoms with Crippen LogP contribution in [0, 0.1) is 0 Å². The number of rotatable bonds is 44. The van der Waals surface area contributed by atoms with Crippen LogP contribution in [0.5, 0.6) is 0 Å². The Morgan fingerprint density at radius 2 is 0.444 bits per heavy atom. The van der Waals surface area contributed by atoms with Crippen LogP contribution in [-0.2, 0) is 57.2 Å². The number of hydrogen-bond acceptors (Lipinski definition) is 16. The first-order valence-corrected chi connectivity index (χ1v) is 24.3. The minimum atomic E-state index is -0.309. The van der Waals surface area contributed by atoms with Crippen molar-refractivity contribution in [3.8, 4) is 0 Å². The molecule has 0 aromatic heterocycles. The highest BCUT2D eigenvalue weighted by Gasteiger charge is 2.21. The summed E-state index contributed by atoms with van der Waals surface area (Å²) in [5.74, 6) is -1.80. The van der Waals surface area contributed by atoms with Gasteiger partial charge in [-0.05, 0) is 38.5 Å². The van der Waals surface area contributed by atoms with Gasteiger partial charge in [-0.25, -0.2) is 0 Å². The summed E-state index contributed by atoms with van der Waals surface area (Å²) in [5.41, 5.74) is 0. The summed E-state index contributed by atoms with van der Waals surface area (Å²) >= 11 is 0. The van der Waals surface area contributed by atoms with Crippen LogP contribution in [0.4, 0.5) is 0 Å². The Morgan fingerprint density at radius 1 is 0.270 bits per heavy atom. The third-order valence-corrected chi connectivity index (χ3v) is 10.2. The molecule has 0 aromatic carbocycles. The number of esters is 6. The van der Waals surface area contributed by atoms with Crippen LogP contribution in [0.25, 0.3) is 0 Å². The van der Waals surface area contributed by atoms with Gasteiger partial charge >= 0.3 is 35.8 Å². The van der Waals surface area contributed by atoms with Gasteiger partial charge in [-0.3, -0.25) is 38.6 Å². The van der Waals surface area contributed by atoms with Crippen molar-refractivity contribution in [3.63, 3.8) is 0 Å². The van der Waals surface area contributed by atoms with E-state index < -0.39 is 0 Å². The predicted octanol–water partition coefficient (Wildman–Crippen LogP) is 6.55. The summed E-state index contributed by atoms with van der Waals surface area (Å²) in [7, 11) is 0. The van der Waals surface area contributed by atoms with Gasteiger partial charge in [0.1, 0.15) is 0 Å². The van der Waals surface area contributed by atoms with Gasteiger partial charge in [0.15, 0.2) is 0 Å². The molecule has 0 aliphatic heterocycles. The van der Waals surface area contributed by atoms with Crippen molar-refractivity contribution in [2.75, 3.05) is 112 Å². The first-order valence-electron chi connectivity index (χ1n) is 24.3. The van der Waals surface area contributed by atoms with Gasteiger partial charge in [-0.1, -0.05) is 80.1 Å². The van der Waals surface area contributed by atoms with Crippen molar-refractivity contribution in [3.05, 3.63) is 0 Å². The Balaban J connectivity index is 6.46. The van der Waals surface area contributed by atoms with E-state index in [1.54, 1.807) is 0 Å². The molecule has 0 aromatic rings. The van der Waals surface area contributed by atoms with Crippen LogP contribution in [0.3, 0.4) is 0 Å². The van der Waals surface area contributed by atoms with Crippen LogP contribution in [0.1, 0.15) is 157 Å². The van der Waals surface area contributed by atoms with E-state index in [-0.39, 0.29) is 74.3 Å². The molecule has 0 N–H and O–H groups in total. The SMILES string of the molecule is CCCCOC(=O)CCN(CCC(=O)OCCCC)CCN(CCN(CCC(=O)OCCCC)CCC(=O)OCCCC)CN(CCC(=O)OCCCC)CCC(=O)OCCCC. The number of carbonyl (C=O) groups excluding carboxylic acids is 6. The molecule has 368 valence electrons. The summed E-state index contributed by atoms with van der Waals surface area (Å²) < 4.78 is 32.7. The lowest BCUT2D eigenvalue weighted by Crippen LogP contribution is -2.47. The molecular weight excluding hydrogens is 813 g/mol. The maximum absolute atomic E-state index is 12.8. The van der Waals surface area contributed by atoms with E-state index in [0.29, 0.717) is 112 Å². The molecule has 0 aliphatic rings. The third kappa shape index (κ3) is 37.7. The van der Waals surface area contributed by atoms with Crippen molar-refractivity contribution in [1.29, 1.82) is 0 Å². The van der Waals surface area contributed by atoms with E-state index in [1.165, 1.54) is 0 Å². The average molecular weight is 901 g/mol. The van der Waals surface area contributed by atoms with Gasteiger partial charge in [-0.15, -0.1) is 0 Å². The number of hydrogen-bond donors (Lipinski definition) is 0. The Hall–Kier alpha value is -3.34. The fraction of sp³-hybridized carbons (Fsp3) is 0.872. The third-order valence-electron chi connectivity index (χ3n) is 10.2. The maximum Gasteiger partial charge on any atom is 0.307 e. The molecule has 16 heteroatoms. The van der Waals surface area contributed by atoms with Gasteiger partial charge in [-0.2, -0.15) is 0 Å². The van der Waals surface area contributed by atoms with E-state index in [1.807, 2.05) is 46.4 Å². The smallest absolute Gasteiger partial charge is 0.307 e. The monoisotopic (exact) mass is 901 g/mol. The maximum atomic E-state index is 12.8. The number of ether oxygens (including phenoxy) is 6. The van der Waals surface area contributed by atoms with Gasteiger partial charge in [0.25, 0.3) is 0 Å². The number of unbranched alkanes of at least 4 members (excludes halogenated alkanes) is 6. The van der Waals surface area contributed by atoms with Gasteiger partial charge in [0, 0.05) is 65.4 Å².